The van der Waals surface area contributed by atoms with Crippen LogP contribution in [0.25, 0.3) is 0 Å². The zero-order valence-electron chi connectivity index (χ0n) is 13.0. The summed E-state index contributed by atoms with van der Waals surface area (Å²) in [6.45, 7) is 10.4. The number of benzene rings is 1. The van der Waals surface area contributed by atoms with Gasteiger partial charge in [-0.1, -0.05) is 13.8 Å². The van der Waals surface area contributed by atoms with E-state index in [2.05, 4.69) is 26.8 Å². The number of aryl methyl sites for hydroxylation is 1. The van der Waals surface area contributed by atoms with Crippen molar-refractivity contribution in [2.45, 2.75) is 65.1 Å². The third kappa shape index (κ3) is 2.90. The van der Waals surface area contributed by atoms with E-state index in [1.165, 1.54) is 5.56 Å². The van der Waals surface area contributed by atoms with Crippen molar-refractivity contribution in [1.82, 2.24) is 0 Å². The molecule has 0 bridgehead atoms. The molecule has 0 aliphatic carbocycles. The van der Waals surface area contributed by atoms with E-state index in [0.717, 1.165) is 23.5 Å². The molecule has 3 nitrogen and oxygen atoms in total. The number of rotatable bonds is 3. The molecular formula is C17H23NO2. The van der Waals surface area contributed by atoms with Gasteiger partial charge < -0.3 is 9.47 Å². The second kappa shape index (κ2) is 5.36. The largest absolute Gasteiger partial charge is 0.488 e. The van der Waals surface area contributed by atoms with E-state index in [-0.39, 0.29) is 11.7 Å². The highest BCUT2D eigenvalue weighted by molar-refractivity contribution is 5.49. The molecule has 0 spiro atoms. The summed E-state index contributed by atoms with van der Waals surface area (Å²) in [7, 11) is 0. The Hall–Kier alpha value is -1.69. The minimum Gasteiger partial charge on any atom is -0.488 e. The highest BCUT2D eigenvalue weighted by Crippen LogP contribution is 2.43. The molecule has 108 valence electrons. The lowest BCUT2D eigenvalue weighted by Crippen LogP contribution is -2.34. The molecule has 1 aliphatic heterocycles. The third-order valence-corrected chi connectivity index (χ3v) is 3.81. The van der Waals surface area contributed by atoms with E-state index in [9.17, 15) is 0 Å². The lowest BCUT2D eigenvalue weighted by Gasteiger charge is -2.36. The standard InChI is InChI=1S/C17H23NO2/c1-6-13(10-18)19-15-8-14-12(3)9-17(4,5)20-16(14)7-11(15)2/h7-8,12-13H,6,9H2,1-5H3. The molecule has 0 amide bonds. The number of hydrogen-bond acceptors (Lipinski definition) is 3. The predicted molar refractivity (Wildman–Crippen MR) is 79.2 cm³/mol. The van der Waals surface area contributed by atoms with E-state index in [1.54, 1.807) is 0 Å². The van der Waals surface area contributed by atoms with Gasteiger partial charge in [-0.25, -0.2) is 0 Å². The van der Waals surface area contributed by atoms with Crippen LogP contribution in [0.15, 0.2) is 12.1 Å². The van der Waals surface area contributed by atoms with Crippen molar-refractivity contribution in [2.75, 3.05) is 0 Å². The third-order valence-electron chi connectivity index (χ3n) is 3.81. The van der Waals surface area contributed by atoms with Crippen LogP contribution in [0, 0.1) is 18.3 Å². The Bertz CT molecular complexity index is 543. The number of hydrogen-bond donors (Lipinski definition) is 0. The number of nitrogens with zero attached hydrogens (tertiary/aromatic N) is 1. The summed E-state index contributed by atoms with van der Waals surface area (Å²) in [5.74, 6) is 2.18. The first kappa shape index (κ1) is 14.7. The maximum absolute atomic E-state index is 9.04. The first-order chi connectivity index (χ1) is 9.36. The lowest BCUT2D eigenvalue weighted by molar-refractivity contribution is 0.0742. The number of ether oxygens (including phenoxy) is 2. The van der Waals surface area contributed by atoms with Gasteiger partial charge >= 0.3 is 0 Å². The minimum absolute atomic E-state index is 0.125. The Labute approximate surface area is 121 Å². The molecule has 2 unspecified atom stereocenters. The van der Waals surface area contributed by atoms with Gasteiger partial charge in [0.1, 0.15) is 23.2 Å². The van der Waals surface area contributed by atoms with Gasteiger partial charge in [0.25, 0.3) is 0 Å². The van der Waals surface area contributed by atoms with Crippen molar-refractivity contribution in [1.29, 1.82) is 5.26 Å². The Balaban J connectivity index is 2.36. The second-order valence-corrected chi connectivity index (χ2v) is 6.27. The van der Waals surface area contributed by atoms with Crippen LogP contribution in [0.3, 0.4) is 0 Å². The molecule has 0 saturated heterocycles. The van der Waals surface area contributed by atoms with Gasteiger partial charge in [-0.05, 0) is 57.2 Å². The molecule has 0 fully saturated rings. The van der Waals surface area contributed by atoms with Crippen LogP contribution in [-0.2, 0) is 0 Å². The van der Waals surface area contributed by atoms with Crippen molar-refractivity contribution >= 4 is 0 Å². The lowest BCUT2D eigenvalue weighted by atomic mass is 9.85. The molecule has 0 saturated carbocycles. The molecule has 2 atom stereocenters. The Morgan fingerprint density at radius 3 is 2.80 bits per heavy atom. The Morgan fingerprint density at radius 1 is 1.50 bits per heavy atom. The summed E-state index contributed by atoms with van der Waals surface area (Å²) in [5.41, 5.74) is 2.07. The van der Waals surface area contributed by atoms with Crippen molar-refractivity contribution in [3.8, 4) is 17.6 Å². The zero-order chi connectivity index (χ0) is 14.9. The SMILES string of the molecule is CCC(C#N)Oc1cc2c(cc1C)OC(C)(C)CC2C. The molecule has 0 aromatic heterocycles. The predicted octanol–water partition coefficient (Wildman–Crippen LogP) is 4.34. The van der Waals surface area contributed by atoms with Crippen LogP contribution in [-0.4, -0.2) is 11.7 Å². The van der Waals surface area contributed by atoms with Gasteiger partial charge in [0.15, 0.2) is 6.10 Å². The fourth-order valence-electron chi connectivity index (χ4n) is 2.82. The molecule has 3 heteroatoms. The van der Waals surface area contributed by atoms with Crippen molar-refractivity contribution in [3.63, 3.8) is 0 Å². The van der Waals surface area contributed by atoms with Crippen molar-refractivity contribution in [2.24, 2.45) is 0 Å². The Kier molecular flexibility index (Phi) is 3.94. The highest BCUT2D eigenvalue weighted by Gasteiger charge is 2.32. The van der Waals surface area contributed by atoms with Crippen LogP contribution in [0.1, 0.15) is 57.6 Å². The first-order valence-corrected chi connectivity index (χ1v) is 7.26. The highest BCUT2D eigenvalue weighted by atomic mass is 16.5. The summed E-state index contributed by atoms with van der Waals surface area (Å²) < 4.78 is 11.9. The monoisotopic (exact) mass is 273 g/mol. The fraction of sp³-hybridized carbons (Fsp3) is 0.588. The maximum Gasteiger partial charge on any atom is 0.184 e. The molecule has 2 rings (SSSR count). The normalized spacial score (nSPS) is 21.3. The Morgan fingerprint density at radius 2 is 2.20 bits per heavy atom. The quantitative estimate of drug-likeness (QED) is 0.822. The summed E-state index contributed by atoms with van der Waals surface area (Å²) in [6, 6.07) is 6.26. The minimum atomic E-state index is -0.386. The van der Waals surface area contributed by atoms with Crippen LogP contribution in [0.2, 0.25) is 0 Å². The van der Waals surface area contributed by atoms with E-state index in [4.69, 9.17) is 14.7 Å². The van der Waals surface area contributed by atoms with Crippen molar-refractivity contribution < 1.29 is 9.47 Å². The van der Waals surface area contributed by atoms with Crippen LogP contribution in [0.4, 0.5) is 0 Å². The van der Waals surface area contributed by atoms with E-state index in [0.29, 0.717) is 12.3 Å². The van der Waals surface area contributed by atoms with E-state index >= 15 is 0 Å². The molecule has 1 aromatic carbocycles. The van der Waals surface area contributed by atoms with E-state index < -0.39 is 0 Å². The summed E-state index contributed by atoms with van der Waals surface area (Å²) >= 11 is 0. The van der Waals surface area contributed by atoms with Gasteiger partial charge in [-0.15, -0.1) is 0 Å². The van der Waals surface area contributed by atoms with Gasteiger partial charge in [0.2, 0.25) is 0 Å². The van der Waals surface area contributed by atoms with E-state index in [1.807, 2.05) is 26.0 Å². The maximum atomic E-state index is 9.04. The zero-order valence-corrected chi connectivity index (χ0v) is 13.0. The van der Waals surface area contributed by atoms with Crippen LogP contribution >= 0.6 is 0 Å². The topological polar surface area (TPSA) is 42.2 Å². The molecule has 1 aliphatic rings. The molecule has 20 heavy (non-hydrogen) atoms. The van der Waals surface area contributed by atoms with Gasteiger partial charge in [-0.2, -0.15) is 5.26 Å². The number of nitriles is 1. The fourth-order valence-corrected chi connectivity index (χ4v) is 2.82. The molecule has 1 heterocycles. The summed E-state index contributed by atoms with van der Waals surface area (Å²) in [4.78, 5) is 0. The van der Waals surface area contributed by atoms with Crippen LogP contribution in [0.5, 0.6) is 11.5 Å². The van der Waals surface area contributed by atoms with Crippen molar-refractivity contribution in [3.05, 3.63) is 23.3 Å². The average Bonchev–Trinajstić information content (AvgIpc) is 2.35. The summed E-state index contributed by atoms with van der Waals surface area (Å²) in [6.07, 6.45) is 1.28. The average molecular weight is 273 g/mol. The second-order valence-electron chi connectivity index (χ2n) is 6.27. The summed E-state index contributed by atoms with van der Waals surface area (Å²) in [5, 5.41) is 9.04. The molecule has 0 radical (unpaired) electrons. The molecule has 1 aromatic rings. The molecule has 0 N–H and O–H groups in total. The first-order valence-electron chi connectivity index (χ1n) is 7.26. The molecular weight excluding hydrogens is 250 g/mol. The van der Waals surface area contributed by atoms with Gasteiger partial charge in [-0.3, -0.25) is 0 Å². The van der Waals surface area contributed by atoms with Crippen LogP contribution < -0.4 is 9.47 Å². The van der Waals surface area contributed by atoms with Gasteiger partial charge in [0, 0.05) is 5.56 Å². The number of fused-ring (bicyclic) bond motifs is 1. The smallest absolute Gasteiger partial charge is 0.184 e. The van der Waals surface area contributed by atoms with Gasteiger partial charge in [0.05, 0.1) is 0 Å².